The van der Waals surface area contributed by atoms with E-state index < -0.39 is 17.9 Å². The van der Waals surface area contributed by atoms with Gasteiger partial charge in [-0.05, 0) is 38.5 Å². The van der Waals surface area contributed by atoms with Gasteiger partial charge in [0.2, 0.25) is 0 Å². The first-order valence-electron chi connectivity index (χ1n) is 29.9. The Labute approximate surface area is 430 Å². The van der Waals surface area contributed by atoms with Crippen molar-refractivity contribution in [2.45, 2.75) is 367 Å². The maximum absolute atomic E-state index is 10.2. The van der Waals surface area contributed by atoms with Crippen LogP contribution in [0.4, 0.5) is 0 Å². The number of carbonyl (C=O) groups is 3. The Morgan fingerprint density at radius 2 is 0.284 bits per heavy atom. The minimum absolute atomic E-state index is 0. The molecule has 0 aliphatic rings. The number of carbonyl (C=O) groups excluding carboxylic acids is 3. The molecule has 7 heteroatoms. The van der Waals surface area contributed by atoms with E-state index in [0.29, 0.717) is 0 Å². The van der Waals surface area contributed by atoms with Crippen LogP contribution in [0.25, 0.3) is 0 Å². The van der Waals surface area contributed by atoms with Gasteiger partial charge >= 0.3 is 17.4 Å². The fourth-order valence-corrected chi connectivity index (χ4v) is 8.98. The molecule has 0 unspecified atom stereocenters. The Morgan fingerprint density at radius 3 is 0.373 bits per heavy atom. The van der Waals surface area contributed by atoms with Crippen LogP contribution >= 0.6 is 0 Å². The van der Waals surface area contributed by atoms with E-state index in [2.05, 4.69) is 20.8 Å². The molecule has 6 nitrogen and oxygen atoms in total. The van der Waals surface area contributed by atoms with Crippen molar-refractivity contribution in [1.82, 2.24) is 0 Å². The molecule has 0 aromatic heterocycles. The molecular weight excluding hydrogens is 844 g/mol. The van der Waals surface area contributed by atoms with Crippen LogP contribution in [0.3, 0.4) is 0 Å². The first-order chi connectivity index (χ1) is 32.3. The van der Waals surface area contributed by atoms with Crippen LogP contribution in [0.5, 0.6) is 0 Å². The van der Waals surface area contributed by atoms with E-state index in [9.17, 15) is 29.7 Å². The number of hydrogen-bond donors (Lipinski definition) is 0. The van der Waals surface area contributed by atoms with Crippen LogP contribution < -0.4 is 15.3 Å². The van der Waals surface area contributed by atoms with Crippen molar-refractivity contribution < 1.29 is 29.7 Å². The number of aliphatic carboxylic acids is 3. The largest absolute Gasteiger partial charge is 3.00 e. The van der Waals surface area contributed by atoms with Crippen molar-refractivity contribution in [3.05, 3.63) is 0 Å². The summed E-state index contributed by atoms with van der Waals surface area (Å²) in [5.74, 6) is -2.71. The van der Waals surface area contributed by atoms with Crippen LogP contribution in [0.1, 0.15) is 367 Å². The molecule has 0 rings (SSSR count). The molecule has 0 amide bonds. The minimum Gasteiger partial charge on any atom is -0.550 e. The van der Waals surface area contributed by atoms with Gasteiger partial charge in [0.25, 0.3) is 0 Å². The molecule has 0 N–H and O–H groups in total. The quantitative estimate of drug-likeness (QED) is 0.0442. The summed E-state index contributed by atoms with van der Waals surface area (Å²) < 4.78 is 0. The summed E-state index contributed by atoms with van der Waals surface area (Å²) in [6, 6.07) is 0. The average molecular weight is 962 g/mol. The number of carboxylic acid groups (broad SMARTS) is 3. The molecule has 0 fully saturated rings. The molecule has 0 spiro atoms. The number of unbranched alkanes of at least 4 members (excludes halogenated alkanes) is 48. The van der Waals surface area contributed by atoms with Gasteiger partial charge < -0.3 is 29.7 Å². The van der Waals surface area contributed by atoms with E-state index in [1.807, 2.05) is 0 Å². The van der Waals surface area contributed by atoms with Crippen molar-refractivity contribution in [2.75, 3.05) is 0 Å². The Bertz CT molecular complexity index is 799. The van der Waals surface area contributed by atoms with Crippen LogP contribution in [0, 0.1) is 0 Å². The topological polar surface area (TPSA) is 120 Å². The summed E-state index contributed by atoms with van der Waals surface area (Å²) in [5.41, 5.74) is 0. The van der Waals surface area contributed by atoms with Crippen molar-refractivity contribution in [1.29, 1.82) is 0 Å². The maximum Gasteiger partial charge on any atom is 3.00 e. The maximum atomic E-state index is 10.2. The third-order valence-corrected chi connectivity index (χ3v) is 13.5. The molecule has 0 aliphatic heterocycles. The molecule has 0 atom stereocenters. The molecule has 396 valence electrons. The summed E-state index contributed by atoms with van der Waals surface area (Å²) in [5, 5.41) is 30.7. The predicted molar refractivity (Wildman–Crippen MR) is 287 cm³/mol. The summed E-state index contributed by atoms with van der Waals surface area (Å²) in [7, 11) is 0. The van der Waals surface area contributed by atoms with Crippen molar-refractivity contribution in [3.63, 3.8) is 0 Å². The molecule has 0 aromatic rings. The average Bonchev–Trinajstić information content (AvgIpc) is 3.29. The summed E-state index contributed by atoms with van der Waals surface area (Å²) in [6.45, 7) is 6.82. The minimum atomic E-state index is -0.902. The molecule has 0 aromatic carbocycles. The molecule has 0 radical (unpaired) electrons. The van der Waals surface area contributed by atoms with Crippen LogP contribution in [-0.2, 0) is 14.4 Å². The van der Waals surface area contributed by atoms with E-state index in [1.165, 1.54) is 289 Å². The number of hydrogen-bond acceptors (Lipinski definition) is 6. The molecule has 0 saturated heterocycles. The second-order valence-corrected chi connectivity index (χ2v) is 20.3. The van der Waals surface area contributed by atoms with Gasteiger partial charge in [0.15, 0.2) is 0 Å². The van der Waals surface area contributed by atoms with E-state index in [4.69, 9.17) is 0 Å². The third kappa shape index (κ3) is 82.2. The fourth-order valence-electron chi connectivity index (χ4n) is 8.98. The van der Waals surface area contributed by atoms with Gasteiger partial charge in [-0.2, -0.15) is 0 Å². The van der Waals surface area contributed by atoms with Gasteiger partial charge in [0.05, 0.1) is 0 Å². The third-order valence-electron chi connectivity index (χ3n) is 13.5. The smallest absolute Gasteiger partial charge is 0.550 e. The molecule has 0 bridgehead atoms. The Morgan fingerprint density at radius 1 is 0.194 bits per heavy atom. The summed E-state index contributed by atoms with van der Waals surface area (Å²) in [6.07, 6.45) is 68.4. The molecule has 0 saturated carbocycles. The van der Waals surface area contributed by atoms with Crippen LogP contribution in [0.2, 0.25) is 0 Å². The van der Waals surface area contributed by atoms with Gasteiger partial charge in [-0.25, -0.2) is 0 Å². The van der Waals surface area contributed by atoms with Crippen molar-refractivity contribution in [2.24, 2.45) is 0 Å². The van der Waals surface area contributed by atoms with Gasteiger partial charge in [-0.15, -0.1) is 0 Å². The molecule has 0 heterocycles. The standard InChI is InChI=1S/3C20H40O2.Al/c3*1-2-3-4-5-6-7-8-9-10-11-12-13-14-15-16-17-18-19-20(21)22;/h3*2-19H2,1H3,(H,21,22);/q;;;+3/p-3. The fraction of sp³-hybridized carbons (Fsp3) is 0.950. The van der Waals surface area contributed by atoms with Gasteiger partial charge in [-0.1, -0.05) is 329 Å². The van der Waals surface area contributed by atoms with E-state index in [0.717, 1.165) is 38.5 Å². The van der Waals surface area contributed by atoms with Gasteiger partial charge in [0.1, 0.15) is 0 Å². The molecule has 67 heavy (non-hydrogen) atoms. The number of rotatable bonds is 54. The second-order valence-electron chi connectivity index (χ2n) is 20.3. The zero-order valence-electron chi connectivity index (χ0n) is 45.7. The van der Waals surface area contributed by atoms with E-state index in [1.54, 1.807) is 0 Å². The van der Waals surface area contributed by atoms with Crippen LogP contribution in [-0.4, -0.2) is 35.3 Å². The SMILES string of the molecule is CCCCCCCCCCCCCCCCCCCC(=O)[O-].CCCCCCCCCCCCCCCCCCCC(=O)[O-].CCCCCCCCCCCCCCCCCCCC(=O)[O-].[Al+3]. The van der Waals surface area contributed by atoms with E-state index in [-0.39, 0.29) is 36.6 Å². The molecule has 0 aliphatic carbocycles. The van der Waals surface area contributed by atoms with Crippen molar-refractivity contribution >= 4 is 35.3 Å². The Balaban J connectivity index is -0.000000441. The zero-order valence-corrected chi connectivity index (χ0v) is 46.9. The molecular formula is C60H117AlO6. The zero-order chi connectivity index (χ0) is 48.9. The van der Waals surface area contributed by atoms with Gasteiger partial charge in [0, 0.05) is 17.9 Å². The normalized spacial score (nSPS) is 10.8. The predicted octanol–water partition coefficient (Wildman–Crippen LogP) is 17.0. The Kier molecular flexibility index (Phi) is 74.9. The summed E-state index contributed by atoms with van der Waals surface area (Å²) in [4.78, 5) is 30.7. The van der Waals surface area contributed by atoms with Gasteiger partial charge in [-0.3, -0.25) is 0 Å². The monoisotopic (exact) mass is 961 g/mol. The summed E-state index contributed by atoms with van der Waals surface area (Å²) >= 11 is 0. The first-order valence-corrected chi connectivity index (χ1v) is 29.9. The Hall–Kier alpha value is -1.06. The van der Waals surface area contributed by atoms with Crippen molar-refractivity contribution in [3.8, 4) is 0 Å². The number of carboxylic acids is 3. The van der Waals surface area contributed by atoms with Crippen LogP contribution in [0.15, 0.2) is 0 Å². The second kappa shape index (κ2) is 69.2. The van der Waals surface area contributed by atoms with E-state index >= 15 is 0 Å². The first kappa shape index (κ1) is 72.5.